The summed E-state index contributed by atoms with van der Waals surface area (Å²) in [5.74, 6) is -0.0197. The van der Waals surface area contributed by atoms with Crippen molar-refractivity contribution < 1.29 is 14.2 Å². The minimum Gasteiger partial charge on any atom is -0.493 e. The summed E-state index contributed by atoms with van der Waals surface area (Å²) in [5.41, 5.74) is 0.245. The van der Waals surface area contributed by atoms with Crippen molar-refractivity contribution in [3.8, 4) is 11.8 Å². The van der Waals surface area contributed by atoms with Gasteiger partial charge in [0.1, 0.15) is 11.6 Å². The summed E-state index contributed by atoms with van der Waals surface area (Å²) in [5, 5.41) is 18.0. The van der Waals surface area contributed by atoms with Crippen LogP contribution in [0, 0.1) is 22.6 Å². The van der Waals surface area contributed by atoms with E-state index in [0.29, 0.717) is 18.8 Å². The van der Waals surface area contributed by atoms with E-state index in [9.17, 15) is 9.50 Å². The van der Waals surface area contributed by atoms with Crippen LogP contribution in [0.4, 0.5) is 4.39 Å². The standard InChI is InChI=1S/C14H16FNO2/c1-10(17)12-3-2-11(8-13(12)15)18-9-14(4-5-14)6-7-16/h2-3,8,10,17H,4-6,9H2,1H3/t10-/m0/s1. The van der Waals surface area contributed by atoms with Gasteiger partial charge in [0.15, 0.2) is 0 Å². The van der Waals surface area contributed by atoms with Crippen molar-refractivity contribution in [3.63, 3.8) is 0 Å². The number of aliphatic hydroxyl groups is 1. The Bertz CT molecular complexity index is 475. The normalized spacial score (nSPS) is 17.9. The molecule has 0 bridgehead atoms. The van der Waals surface area contributed by atoms with Crippen molar-refractivity contribution in [1.82, 2.24) is 0 Å². The van der Waals surface area contributed by atoms with Crippen LogP contribution in [0.15, 0.2) is 18.2 Å². The molecule has 0 radical (unpaired) electrons. The Hall–Kier alpha value is -1.60. The Kier molecular flexibility index (Phi) is 3.53. The van der Waals surface area contributed by atoms with Crippen LogP contribution in [0.3, 0.4) is 0 Å². The van der Waals surface area contributed by atoms with Crippen molar-refractivity contribution in [1.29, 1.82) is 5.26 Å². The number of aliphatic hydroxyl groups excluding tert-OH is 1. The molecule has 1 N–H and O–H groups in total. The fraction of sp³-hybridized carbons (Fsp3) is 0.500. The van der Waals surface area contributed by atoms with Gasteiger partial charge in [-0.2, -0.15) is 5.26 Å². The van der Waals surface area contributed by atoms with Crippen LogP contribution >= 0.6 is 0 Å². The smallest absolute Gasteiger partial charge is 0.132 e. The van der Waals surface area contributed by atoms with Crippen LogP contribution in [-0.4, -0.2) is 11.7 Å². The zero-order valence-electron chi connectivity index (χ0n) is 10.3. The molecule has 0 unspecified atom stereocenters. The lowest BCUT2D eigenvalue weighted by Crippen LogP contribution is -2.12. The Morgan fingerprint density at radius 2 is 2.28 bits per heavy atom. The van der Waals surface area contributed by atoms with Crippen LogP contribution in [-0.2, 0) is 0 Å². The molecule has 0 aliphatic heterocycles. The molecular formula is C14H16FNO2. The Balaban J connectivity index is 1.99. The second-order valence-electron chi connectivity index (χ2n) is 4.98. The summed E-state index contributed by atoms with van der Waals surface area (Å²) >= 11 is 0. The lowest BCUT2D eigenvalue weighted by molar-refractivity contribution is 0.193. The molecule has 3 nitrogen and oxygen atoms in total. The predicted octanol–water partition coefficient (Wildman–Crippen LogP) is 2.95. The Morgan fingerprint density at radius 3 is 2.78 bits per heavy atom. The van der Waals surface area contributed by atoms with E-state index in [4.69, 9.17) is 10.00 Å². The first-order valence-corrected chi connectivity index (χ1v) is 6.04. The minimum absolute atomic E-state index is 0.0197. The molecule has 0 heterocycles. The summed E-state index contributed by atoms with van der Waals surface area (Å²) in [6.45, 7) is 1.97. The van der Waals surface area contributed by atoms with E-state index in [2.05, 4.69) is 6.07 Å². The molecule has 0 spiro atoms. The van der Waals surface area contributed by atoms with E-state index in [1.54, 1.807) is 6.07 Å². The number of ether oxygens (including phenoxy) is 1. The highest BCUT2D eigenvalue weighted by molar-refractivity contribution is 5.30. The molecule has 1 aromatic carbocycles. The van der Waals surface area contributed by atoms with Gasteiger partial charge in [-0.1, -0.05) is 0 Å². The molecule has 0 aromatic heterocycles. The Morgan fingerprint density at radius 1 is 1.56 bits per heavy atom. The van der Waals surface area contributed by atoms with E-state index in [1.807, 2.05) is 0 Å². The fourth-order valence-electron chi connectivity index (χ4n) is 1.89. The number of hydrogen-bond donors (Lipinski definition) is 1. The highest BCUT2D eigenvalue weighted by Gasteiger charge is 2.43. The van der Waals surface area contributed by atoms with Crippen molar-refractivity contribution in [2.45, 2.75) is 32.3 Å². The maximum absolute atomic E-state index is 13.6. The molecule has 1 aliphatic rings. The molecule has 1 atom stereocenters. The average molecular weight is 249 g/mol. The second-order valence-corrected chi connectivity index (χ2v) is 4.98. The lowest BCUT2D eigenvalue weighted by Gasteiger charge is -2.14. The molecular weight excluding hydrogens is 233 g/mol. The molecule has 1 aliphatic carbocycles. The molecule has 1 fully saturated rings. The summed E-state index contributed by atoms with van der Waals surface area (Å²) in [6.07, 6.45) is 1.65. The molecule has 1 saturated carbocycles. The van der Waals surface area contributed by atoms with Crippen molar-refractivity contribution in [2.75, 3.05) is 6.61 Å². The van der Waals surface area contributed by atoms with E-state index in [1.165, 1.54) is 19.1 Å². The summed E-state index contributed by atoms with van der Waals surface area (Å²) in [7, 11) is 0. The molecule has 4 heteroatoms. The highest BCUT2D eigenvalue weighted by atomic mass is 19.1. The van der Waals surface area contributed by atoms with Gasteiger partial charge in [0.05, 0.1) is 18.8 Å². The van der Waals surface area contributed by atoms with Crippen LogP contribution in [0.2, 0.25) is 0 Å². The fourth-order valence-corrected chi connectivity index (χ4v) is 1.89. The molecule has 2 rings (SSSR count). The van der Waals surface area contributed by atoms with Gasteiger partial charge in [0.25, 0.3) is 0 Å². The van der Waals surface area contributed by atoms with Gasteiger partial charge in [-0.05, 0) is 31.9 Å². The first kappa shape index (κ1) is 12.8. The molecule has 96 valence electrons. The van der Waals surface area contributed by atoms with E-state index >= 15 is 0 Å². The van der Waals surface area contributed by atoms with Gasteiger partial charge in [0, 0.05) is 23.5 Å². The van der Waals surface area contributed by atoms with Crippen LogP contribution in [0.5, 0.6) is 5.75 Å². The first-order chi connectivity index (χ1) is 8.56. The number of rotatable bonds is 5. The van der Waals surface area contributed by atoms with Gasteiger partial charge >= 0.3 is 0 Å². The van der Waals surface area contributed by atoms with Gasteiger partial charge in [-0.15, -0.1) is 0 Å². The lowest BCUT2D eigenvalue weighted by atomic mass is 10.1. The summed E-state index contributed by atoms with van der Waals surface area (Å²) in [4.78, 5) is 0. The SMILES string of the molecule is C[C@H](O)c1ccc(OCC2(CC#N)CC2)cc1F. The number of nitriles is 1. The highest BCUT2D eigenvalue weighted by Crippen LogP contribution is 2.48. The van der Waals surface area contributed by atoms with Gasteiger partial charge in [-0.25, -0.2) is 4.39 Å². The van der Waals surface area contributed by atoms with Crippen LogP contribution in [0.25, 0.3) is 0 Å². The van der Waals surface area contributed by atoms with Crippen molar-refractivity contribution >= 4 is 0 Å². The zero-order valence-corrected chi connectivity index (χ0v) is 10.3. The number of hydrogen-bond acceptors (Lipinski definition) is 3. The molecule has 1 aromatic rings. The minimum atomic E-state index is -0.826. The van der Waals surface area contributed by atoms with E-state index < -0.39 is 11.9 Å². The number of nitrogens with zero attached hydrogens (tertiary/aromatic N) is 1. The maximum Gasteiger partial charge on any atom is 0.132 e. The van der Waals surface area contributed by atoms with E-state index in [-0.39, 0.29) is 11.0 Å². The number of benzene rings is 1. The zero-order chi connectivity index (χ0) is 13.2. The van der Waals surface area contributed by atoms with E-state index in [0.717, 1.165) is 12.8 Å². The third-order valence-electron chi connectivity index (χ3n) is 3.38. The molecule has 18 heavy (non-hydrogen) atoms. The summed E-state index contributed by atoms with van der Waals surface area (Å²) in [6, 6.07) is 6.61. The third kappa shape index (κ3) is 2.80. The largest absolute Gasteiger partial charge is 0.493 e. The quantitative estimate of drug-likeness (QED) is 0.872. The predicted molar refractivity (Wildman–Crippen MR) is 64.4 cm³/mol. The first-order valence-electron chi connectivity index (χ1n) is 6.04. The topological polar surface area (TPSA) is 53.2 Å². The third-order valence-corrected chi connectivity index (χ3v) is 3.38. The Labute approximate surface area is 106 Å². The van der Waals surface area contributed by atoms with Crippen LogP contribution in [0.1, 0.15) is 37.9 Å². The van der Waals surface area contributed by atoms with Crippen molar-refractivity contribution in [2.24, 2.45) is 5.41 Å². The van der Waals surface area contributed by atoms with Crippen molar-refractivity contribution in [3.05, 3.63) is 29.6 Å². The number of halogens is 1. The summed E-state index contributed by atoms with van der Waals surface area (Å²) < 4.78 is 19.1. The monoisotopic (exact) mass is 249 g/mol. The average Bonchev–Trinajstić information content (AvgIpc) is 3.07. The van der Waals surface area contributed by atoms with Gasteiger partial charge < -0.3 is 9.84 Å². The molecule has 0 saturated heterocycles. The maximum atomic E-state index is 13.6. The van der Waals surface area contributed by atoms with Gasteiger partial charge in [0.2, 0.25) is 0 Å². The van der Waals surface area contributed by atoms with Gasteiger partial charge in [-0.3, -0.25) is 0 Å². The molecule has 0 amide bonds. The second kappa shape index (κ2) is 4.95. The van der Waals surface area contributed by atoms with Crippen LogP contribution < -0.4 is 4.74 Å².